The highest BCUT2D eigenvalue weighted by Gasteiger charge is 2.07. The van der Waals surface area contributed by atoms with E-state index in [0.29, 0.717) is 17.0 Å². The van der Waals surface area contributed by atoms with Crippen molar-refractivity contribution in [2.75, 3.05) is 16.8 Å². The molecule has 0 atom stereocenters. The summed E-state index contributed by atoms with van der Waals surface area (Å²) in [5.74, 6) is 0.219. The Morgan fingerprint density at radius 2 is 2.00 bits per heavy atom. The Balaban J connectivity index is 1.93. The molecule has 0 radical (unpaired) electrons. The first-order chi connectivity index (χ1) is 10.1. The molecular formula is C16H15N3OS. The summed E-state index contributed by atoms with van der Waals surface area (Å²) in [6.07, 6.45) is 0. The number of rotatable bonds is 4. The van der Waals surface area contributed by atoms with E-state index in [2.05, 4.69) is 5.32 Å². The maximum absolute atomic E-state index is 11.9. The zero-order chi connectivity index (χ0) is 15.2. The summed E-state index contributed by atoms with van der Waals surface area (Å²) in [5, 5.41) is 11.5. The second-order valence-corrected chi connectivity index (χ2v) is 5.51. The van der Waals surface area contributed by atoms with Crippen molar-refractivity contribution < 1.29 is 4.79 Å². The van der Waals surface area contributed by atoms with Gasteiger partial charge in [0.25, 0.3) is 0 Å². The number of hydrogen-bond donors (Lipinski definition) is 2. The number of nitriles is 1. The number of nitrogens with two attached hydrogens (primary N) is 1. The average molecular weight is 297 g/mol. The Bertz CT molecular complexity index is 690. The third-order valence-electron chi connectivity index (χ3n) is 2.98. The quantitative estimate of drug-likeness (QED) is 0.671. The van der Waals surface area contributed by atoms with Crippen LogP contribution in [0.1, 0.15) is 11.1 Å². The number of thioether (sulfide) groups is 1. The third-order valence-corrected chi connectivity index (χ3v) is 4.14. The lowest BCUT2D eigenvalue weighted by atomic mass is 10.2. The molecule has 0 aliphatic carbocycles. The van der Waals surface area contributed by atoms with Gasteiger partial charge in [0.05, 0.1) is 17.4 Å². The Morgan fingerprint density at radius 1 is 1.29 bits per heavy atom. The first kappa shape index (κ1) is 14.9. The van der Waals surface area contributed by atoms with Gasteiger partial charge in [-0.2, -0.15) is 5.26 Å². The summed E-state index contributed by atoms with van der Waals surface area (Å²) < 4.78 is 0. The number of nitrogens with one attached hydrogen (secondary N) is 1. The molecule has 4 nitrogen and oxygen atoms in total. The van der Waals surface area contributed by atoms with Gasteiger partial charge in [0.1, 0.15) is 0 Å². The molecule has 5 heteroatoms. The van der Waals surface area contributed by atoms with E-state index in [1.54, 1.807) is 24.3 Å². The van der Waals surface area contributed by atoms with Crippen LogP contribution >= 0.6 is 11.8 Å². The van der Waals surface area contributed by atoms with Crippen LogP contribution in [-0.2, 0) is 4.79 Å². The van der Waals surface area contributed by atoms with Crippen LogP contribution in [0.25, 0.3) is 0 Å². The highest BCUT2D eigenvalue weighted by atomic mass is 32.2. The van der Waals surface area contributed by atoms with Crippen molar-refractivity contribution >= 4 is 29.0 Å². The minimum absolute atomic E-state index is 0.0912. The summed E-state index contributed by atoms with van der Waals surface area (Å²) in [6.45, 7) is 1.94. The van der Waals surface area contributed by atoms with E-state index in [1.165, 1.54) is 11.8 Å². The van der Waals surface area contributed by atoms with Crippen molar-refractivity contribution in [3.05, 3.63) is 53.6 Å². The number of carbonyl (C=O) groups excluding carboxylic acids is 1. The summed E-state index contributed by atoms with van der Waals surface area (Å²) in [6, 6.07) is 14.5. The zero-order valence-electron chi connectivity index (χ0n) is 11.6. The molecule has 2 aromatic rings. The fraction of sp³-hybridized carbons (Fsp3) is 0.125. The lowest BCUT2D eigenvalue weighted by Gasteiger charge is -2.08. The Kier molecular flexibility index (Phi) is 4.85. The van der Waals surface area contributed by atoms with Crippen LogP contribution < -0.4 is 11.1 Å². The van der Waals surface area contributed by atoms with Gasteiger partial charge in [-0.25, -0.2) is 0 Å². The molecule has 0 aromatic heterocycles. The topological polar surface area (TPSA) is 78.9 Å². The van der Waals surface area contributed by atoms with Gasteiger partial charge in [-0.15, -0.1) is 11.8 Å². The van der Waals surface area contributed by atoms with Gasteiger partial charge < -0.3 is 11.1 Å². The van der Waals surface area contributed by atoms with Crippen LogP contribution in [-0.4, -0.2) is 11.7 Å². The highest BCUT2D eigenvalue weighted by Crippen LogP contribution is 2.26. The van der Waals surface area contributed by atoms with E-state index in [9.17, 15) is 4.79 Å². The first-order valence-electron chi connectivity index (χ1n) is 6.38. The molecule has 0 saturated carbocycles. The zero-order valence-corrected chi connectivity index (χ0v) is 12.4. The molecule has 0 spiro atoms. The molecule has 0 aliphatic rings. The molecule has 106 valence electrons. The van der Waals surface area contributed by atoms with Crippen LogP contribution in [0.3, 0.4) is 0 Å². The number of carbonyl (C=O) groups is 1. The monoisotopic (exact) mass is 297 g/mol. The van der Waals surface area contributed by atoms with Crippen LogP contribution in [0.2, 0.25) is 0 Å². The molecule has 2 aromatic carbocycles. The number of benzene rings is 2. The van der Waals surface area contributed by atoms with E-state index in [4.69, 9.17) is 11.0 Å². The molecule has 2 rings (SSSR count). The summed E-state index contributed by atoms with van der Waals surface area (Å²) >= 11 is 1.45. The first-order valence-corrected chi connectivity index (χ1v) is 7.36. The maximum atomic E-state index is 11.9. The molecular weight excluding hydrogens is 282 g/mol. The van der Waals surface area contributed by atoms with Gasteiger partial charge in [-0.1, -0.05) is 6.07 Å². The van der Waals surface area contributed by atoms with Crippen molar-refractivity contribution in [2.24, 2.45) is 0 Å². The molecule has 21 heavy (non-hydrogen) atoms. The van der Waals surface area contributed by atoms with Gasteiger partial charge in [-0.3, -0.25) is 4.79 Å². The van der Waals surface area contributed by atoms with Gasteiger partial charge in [0.15, 0.2) is 0 Å². The molecule has 0 heterocycles. The predicted molar refractivity (Wildman–Crippen MR) is 86.1 cm³/mol. The van der Waals surface area contributed by atoms with Crippen molar-refractivity contribution in [2.45, 2.75) is 11.8 Å². The average Bonchev–Trinajstić information content (AvgIpc) is 2.49. The summed E-state index contributed by atoms with van der Waals surface area (Å²) in [7, 11) is 0. The Morgan fingerprint density at radius 3 is 2.67 bits per heavy atom. The van der Waals surface area contributed by atoms with E-state index >= 15 is 0 Å². The van der Waals surface area contributed by atoms with Gasteiger partial charge in [0.2, 0.25) is 5.91 Å². The standard InChI is InChI=1S/C16H15N3OS/c1-11-14(18)3-2-4-15(11)21-10-16(20)19-13-7-5-12(9-17)6-8-13/h2-8H,10,18H2,1H3,(H,19,20). The summed E-state index contributed by atoms with van der Waals surface area (Å²) in [4.78, 5) is 12.9. The van der Waals surface area contributed by atoms with Crippen molar-refractivity contribution in [3.8, 4) is 6.07 Å². The molecule has 3 N–H and O–H groups in total. The van der Waals surface area contributed by atoms with Gasteiger partial charge in [-0.05, 0) is 48.9 Å². The van der Waals surface area contributed by atoms with Crippen molar-refractivity contribution in [3.63, 3.8) is 0 Å². The number of hydrogen-bond acceptors (Lipinski definition) is 4. The predicted octanol–water partition coefficient (Wildman–Crippen LogP) is 3.18. The van der Waals surface area contributed by atoms with Crippen molar-refractivity contribution in [1.29, 1.82) is 5.26 Å². The van der Waals surface area contributed by atoms with Gasteiger partial charge in [0, 0.05) is 16.3 Å². The van der Waals surface area contributed by atoms with Crippen molar-refractivity contribution in [1.82, 2.24) is 0 Å². The highest BCUT2D eigenvalue weighted by molar-refractivity contribution is 8.00. The van der Waals surface area contributed by atoms with Crippen LogP contribution in [0.15, 0.2) is 47.4 Å². The minimum atomic E-state index is -0.0912. The van der Waals surface area contributed by atoms with E-state index in [1.807, 2.05) is 31.2 Å². The SMILES string of the molecule is Cc1c(N)cccc1SCC(=O)Nc1ccc(C#N)cc1. The Labute approximate surface area is 128 Å². The maximum Gasteiger partial charge on any atom is 0.234 e. The molecule has 0 saturated heterocycles. The van der Waals surface area contributed by atoms with Crippen LogP contribution in [0, 0.1) is 18.3 Å². The smallest absolute Gasteiger partial charge is 0.234 e. The lowest BCUT2D eigenvalue weighted by Crippen LogP contribution is -2.14. The third kappa shape index (κ3) is 4.01. The second kappa shape index (κ2) is 6.82. The largest absolute Gasteiger partial charge is 0.398 e. The number of anilines is 2. The molecule has 0 unspecified atom stereocenters. The van der Waals surface area contributed by atoms with E-state index in [0.717, 1.165) is 16.1 Å². The molecule has 0 aliphatic heterocycles. The molecule has 0 bridgehead atoms. The van der Waals surface area contributed by atoms with Crippen LogP contribution in [0.5, 0.6) is 0 Å². The Hall–Kier alpha value is -2.45. The minimum Gasteiger partial charge on any atom is -0.398 e. The molecule has 0 fully saturated rings. The summed E-state index contributed by atoms with van der Waals surface area (Å²) in [5.41, 5.74) is 8.81. The number of nitrogens with zero attached hydrogens (tertiary/aromatic N) is 1. The fourth-order valence-corrected chi connectivity index (χ4v) is 2.62. The molecule has 1 amide bonds. The van der Waals surface area contributed by atoms with Crippen LogP contribution in [0.4, 0.5) is 11.4 Å². The fourth-order valence-electron chi connectivity index (χ4n) is 1.76. The second-order valence-electron chi connectivity index (χ2n) is 4.50. The lowest BCUT2D eigenvalue weighted by molar-refractivity contribution is -0.113. The number of amides is 1. The van der Waals surface area contributed by atoms with Gasteiger partial charge >= 0.3 is 0 Å². The normalized spacial score (nSPS) is 9.90. The number of nitrogen functional groups attached to an aromatic ring is 1. The van der Waals surface area contributed by atoms with E-state index in [-0.39, 0.29) is 5.91 Å². The van der Waals surface area contributed by atoms with E-state index < -0.39 is 0 Å².